The molecular weight excluding hydrogens is 260 g/mol. The summed E-state index contributed by atoms with van der Waals surface area (Å²) >= 11 is 0. The third-order valence-corrected chi connectivity index (χ3v) is 3.28. The fraction of sp³-hybridized carbons (Fsp3) is 0.267. The zero-order valence-electron chi connectivity index (χ0n) is 11.4. The van der Waals surface area contributed by atoms with E-state index in [1.165, 1.54) is 6.07 Å². The third-order valence-electron chi connectivity index (χ3n) is 3.28. The van der Waals surface area contributed by atoms with Gasteiger partial charge in [0, 0.05) is 10.8 Å². The Bertz CT molecular complexity index is 711. The lowest BCUT2D eigenvalue weighted by molar-refractivity contribution is 0.0690. The SMILES string of the molecule is CC(C)(C)c1cccc2c(O)c(C(=O)O)c(O)c(O)c12. The molecule has 0 unspecified atom stereocenters. The molecule has 2 aromatic carbocycles. The highest BCUT2D eigenvalue weighted by molar-refractivity contribution is 6.07. The molecule has 106 valence electrons. The van der Waals surface area contributed by atoms with Gasteiger partial charge in [-0.15, -0.1) is 0 Å². The van der Waals surface area contributed by atoms with Gasteiger partial charge in [0.15, 0.2) is 11.5 Å². The topological polar surface area (TPSA) is 98.0 Å². The van der Waals surface area contributed by atoms with Crippen LogP contribution in [0.5, 0.6) is 17.2 Å². The van der Waals surface area contributed by atoms with Crippen LogP contribution < -0.4 is 0 Å². The fourth-order valence-electron chi connectivity index (χ4n) is 2.32. The molecular formula is C15H16O5. The van der Waals surface area contributed by atoms with E-state index < -0.39 is 28.8 Å². The molecule has 2 rings (SSSR count). The molecule has 0 amide bonds. The van der Waals surface area contributed by atoms with E-state index in [0.29, 0.717) is 5.56 Å². The van der Waals surface area contributed by atoms with E-state index in [0.717, 1.165) is 0 Å². The predicted octanol–water partition coefficient (Wildman–Crippen LogP) is 2.95. The minimum Gasteiger partial charge on any atom is -0.506 e. The molecule has 4 N–H and O–H groups in total. The number of phenols is 3. The lowest BCUT2D eigenvalue weighted by Crippen LogP contribution is -2.12. The predicted molar refractivity (Wildman–Crippen MR) is 74.6 cm³/mol. The molecule has 0 aliphatic heterocycles. The van der Waals surface area contributed by atoms with E-state index in [-0.39, 0.29) is 16.2 Å². The molecule has 20 heavy (non-hydrogen) atoms. The van der Waals surface area contributed by atoms with Gasteiger partial charge >= 0.3 is 5.97 Å². The second-order valence-electron chi connectivity index (χ2n) is 5.70. The lowest BCUT2D eigenvalue weighted by Gasteiger charge is -2.23. The van der Waals surface area contributed by atoms with Gasteiger partial charge in [-0.1, -0.05) is 39.0 Å². The van der Waals surface area contributed by atoms with Crippen molar-refractivity contribution >= 4 is 16.7 Å². The number of benzene rings is 2. The van der Waals surface area contributed by atoms with Gasteiger partial charge in [0.1, 0.15) is 11.3 Å². The monoisotopic (exact) mass is 276 g/mol. The number of rotatable bonds is 1. The molecule has 0 aliphatic rings. The first kappa shape index (κ1) is 14.0. The number of fused-ring (bicyclic) bond motifs is 1. The van der Waals surface area contributed by atoms with E-state index in [1.54, 1.807) is 12.1 Å². The number of aromatic carboxylic acids is 1. The van der Waals surface area contributed by atoms with Gasteiger partial charge in [0.25, 0.3) is 0 Å². The van der Waals surface area contributed by atoms with E-state index in [1.807, 2.05) is 20.8 Å². The van der Waals surface area contributed by atoms with Crippen molar-refractivity contribution in [3.8, 4) is 17.2 Å². The first-order valence-corrected chi connectivity index (χ1v) is 6.09. The van der Waals surface area contributed by atoms with Crippen molar-refractivity contribution < 1.29 is 25.2 Å². The first-order valence-electron chi connectivity index (χ1n) is 6.09. The molecule has 2 aromatic rings. The smallest absolute Gasteiger partial charge is 0.343 e. The average Bonchev–Trinajstić information content (AvgIpc) is 2.34. The van der Waals surface area contributed by atoms with Gasteiger partial charge in [-0.05, 0) is 11.0 Å². The number of carbonyl (C=O) groups is 1. The number of carboxylic acid groups (broad SMARTS) is 1. The zero-order chi connectivity index (χ0) is 15.2. The summed E-state index contributed by atoms with van der Waals surface area (Å²) in [7, 11) is 0. The maximum absolute atomic E-state index is 11.1. The van der Waals surface area contributed by atoms with Gasteiger partial charge in [0.05, 0.1) is 0 Å². The Morgan fingerprint density at radius 3 is 2.10 bits per heavy atom. The molecule has 0 atom stereocenters. The third kappa shape index (κ3) is 1.91. The molecule has 0 aromatic heterocycles. The number of hydrogen-bond donors (Lipinski definition) is 4. The Hall–Kier alpha value is -2.43. The molecule has 0 fully saturated rings. The highest BCUT2D eigenvalue weighted by Crippen LogP contribution is 2.47. The van der Waals surface area contributed by atoms with Gasteiger partial charge in [-0.3, -0.25) is 0 Å². The lowest BCUT2D eigenvalue weighted by atomic mass is 9.82. The standard InChI is InChI=1S/C15H16O5/c1-15(2,3)8-6-4-5-7-9(8)12(17)13(18)10(11(7)16)14(19)20/h4-6,16-18H,1-3H3,(H,19,20). The van der Waals surface area contributed by atoms with Crippen LogP contribution in [-0.2, 0) is 5.41 Å². The summed E-state index contributed by atoms with van der Waals surface area (Å²) in [5, 5.41) is 39.5. The summed E-state index contributed by atoms with van der Waals surface area (Å²) in [6, 6.07) is 4.94. The maximum atomic E-state index is 11.1. The van der Waals surface area contributed by atoms with Gasteiger partial charge < -0.3 is 20.4 Å². The van der Waals surface area contributed by atoms with Crippen molar-refractivity contribution in [1.82, 2.24) is 0 Å². The van der Waals surface area contributed by atoms with E-state index in [2.05, 4.69) is 0 Å². The highest BCUT2D eigenvalue weighted by Gasteiger charge is 2.27. The molecule has 0 bridgehead atoms. The average molecular weight is 276 g/mol. The highest BCUT2D eigenvalue weighted by atomic mass is 16.4. The van der Waals surface area contributed by atoms with Crippen LogP contribution in [0.1, 0.15) is 36.7 Å². The van der Waals surface area contributed by atoms with Crippen molar-refractivity contribution in [2.24, 2.45) is 0 Å². The van der Waals surface area contributed by atoms with Crippen LogP contribution in [0, 0.1) is 0 Å². The van der Waals surface area contributed by atoms with E-state index in [4.69, 9.17) is 5.11 Å². The molecule has 0 spiro atoms. The Labute approximate surface area is 115 Å². The largest absolute Gasteiger partial charge is 0.506 e. The molecule has 0 aliphatic carbocycles. The number of carboxylic acids is 1. The molecule has 0 heterocycles. The van der Waals surface area contributed by atoms with E-state index in [9.17, 15) is 20.1 Å². The summed E-state index contributed by atoms with van der Waals surface area (Å²) in [5.74, 6) is -3.40. The van der Waals surface area contributed by atoms with Crippen LogP contribution in [-0.4, -0.2) is 26.4 Å². The quantitative estimate of drug-likeness (QED) is 0.474. The van der Waals surface area contributed by atoms with Crippen LogP contribution in [0.2, 0.25) is 0 Å². The van der Waals surface area contributed by atoms with Crippen molar-refractivity contribution in [3.05, 3.63) is 29.3 Å². The summed E-state index contributed by atoms with van der Waals surface area (Å²) in [6.07, 6.45) is 0. The number of hydrogen-bond acceptors (Lipinski definition) is 4. The minimum atomic E-state index is -1.50. The Morgan fingerprint density at radius 1 is 1.00 bits per heavy atom. The number of aromatic hydroxyl groups is 3. The summed E-state index contributed by atoms with van der Waals surface area (Å²) in [5.41, 5.74) is -0.336. The normalized spacial score (nSPS) is 11.8. The molecule has 5 nitrogen and oxygen atoms in total. The first-order chi connectivity index (χ1) is 9.16. The van der Waals surface area contributed by atoms with Crippen LogP contribution in [0.15, 0.2) is 18.2 Å². The summed E-state index contributed by atoms with van der Waals surface area (Å²) < 4.78 is 0. The van der Waals surface area contributed by atoms with Crippen LogP contribution in [0.3, 0.4) is 0 Å². The summed E-state index contributed by atoms with van der Waals surface area (Å²) in [6.45, 7) is 5.75. The molecule has 0 radical (unpaired) electrons. The maximum Gasteiger partial charge on any atom is 0.343 e. The van der Waals surface area contributed by atoms with Gasteiger partial charge in [-0.2, -0.15) is 0 Å². The molecule has 5 heteroatoms. The molecule has 0 saturated heterocycles. The summed E-state index contributed by atoms with van der Waals surface area (Å²) in [4.78, 5) is 11.1. The second kappa shape index (κ2) is 4.30. The Morgan fingerprint density at radius 2 is 1.60 bits per heavy atom. The van der Waals surface area contributed by atoms with Crippen molar-refractivity contribution in [2.45, 2.75) is 26.2 Å². The van der Waals surface area contributed by atoms with Crippen molar-refractivity contribution in [3.63, 3.8) is 0 Å². The Kier molecular flexibility index (Phi) is 3.01. The second-order valence-corrected chi connectivity index (χ2v) is 5.70. The number of phenolic OH excluding ortho intramolecular Hbond substituents is 1. The van der Waals surface area contributed by atoms with Gasteiger partial charge in [-0.25, -0.2) is 4.79 Å². The minimum absolute atomic E-state index is 0.199. The van der Waals surface area contributed by atoms with Crippen molar-refractivity contribution in [2.75, 3.05) is 0 Å². The van der Waals surface area contributed by atoms with Crippen LogP contribution >= 0.6 is 0 Å². The van der Waals surface area contributed by atoms with Crippen molar-refractivity contribution in [1.29, 1.82) is 0 Å². The van der Waals surface area contributed by atoms with Crippen LogP contribution in [0.25, 0.3) is 10.8 Å². The fourth-order valence-corrected chi connectivity index (χ4v) is 2.32. The Balaban J connectivity index is 3.04. The van der Waals surface area contributed by atoms with E-state index >= 15 is 0 Å². The van der Waals surface area contributed by atoms with Crippen LogP contribution in [0.4, 0.5) is 0 Å². The molecule has 0 saturated carbocycles. The zero-order valence-corrected chi connectivity index (χ0v) is 11.4. The van der Waals surface area contributed by atoms with Gasteiger partial charge in [0.2, 0.25) is 0 Å².